The molecule has 0 N–H and O–H groups in total. The summed E-state index contributed by atoms with van der Waals surface area (Å²) in [5.41, 5.74) is 0.640. The Morgan fingerprint density at radius 3 is 2.48 bits per heavy atom. The van der Waals surface area contributed by atoms with Crippen LogP contribution in [0, 0.1) is 0 Å². The molecule has 1 aliphatic rings. The lowest BCUT2D eigenvalue weighted by molar-refractivity contribution is -0.123. The van der Waals surface area contributed by atoms with Crippen molar-refractivity contribution >= 4 is 63.8 Å². The van der Waals surface area contributed by atoms with E-state index in [2.05, 4.69) is 0 Å². The molecule has 2 aromatic carbocycles. The number of nitrogens with zero attached hydrogens (tertiary/aromatic N) is 1. The number of thioether (sulfide) groups is 1. The molecule has 2 heterocycles. The van der Waals surface area contributed by atoms with E-state index in [0.717, 1.165) is 16.7 Å². The highest BCUT2D eigenvalue weighted by molar-refractivity contribution is 8.18. The first-order chi connectivity index (χ1) is 14.9. The Kier molecular flexibility index (Phi) is 6.62. The molecule has 0 saturated carbocycles. The van der Waals surface area contributed by atoms with Crippen molar-refractivity contribution in [2.24, 2.45) is 0 Å². The standard InChI is InChI=1S/C22H14Cl3NO4S/c23-13-1-4-15(5-2-13)29-10-9-26-21(27)20(31-22(26)28)12-16-6-8-19(30-16)17-11-14(24)3-7-18(17)25/h1-8,11-12H,9-10H2/b20-12-. The van der Waals surface area contributed by atoms with E-state index in [1.165, 1.54) is 6.08 Å². The van der Waals surface area contributed by atoms with Crippen LogP contribution in [0.15, 0.2) is 63.9 Å². The maximum Gasteiger partial charge on any atom is 0.293 e. The third-order valence-electron chi connectivity index (χ3n) is 4.36. The second kappa shape index (κ2) is 9.40. The number of hydrogen-bond acceptors (Lipinski definition) is 5. The molecular formula is C22H14Cl3NO4S. The van der Waals surface area contributed by atoms with Gasteiger partial charge >= 0.3 is 0 Å². The maximum atomic E-state index is 12.6. The van der Waals surface area contributed by atoms with E-state index in [0.29, 0.717) is 37.9 Å². The van der Waals surface area contributed by atoms with E-state index in [1.807, 2.05) is 0 Å². The topological polar surface area (TPSA) is 59.8 Å². The number of carbonyl (C=O) groups is 2. The quantitative estimate of drug-likeness (QED) is 0.345. The summed E-state index contributed by atoms with van der Waals surface area (Å²) in [5, 5.41) is 1.26. The molecule has 0 aliphatic carbocycles. The van der Waals surface area contributed by atoms with Gasteiger partial charge < -0.3 is 9.15 Å². The highest BCUT2D eigenvalue weighted by Gasteiger charge is 2.35. The van der Waals surface area contributed by atoms with Gasteiger partial charge in [0.1, 0.15) is 23.9 Å². The summed E-state index contributed by atoms with van der Waals surface area (Å²) in [6, 6.07) is 15.3. The minimum atomic E-state index is -0.395. The molecule has 5 nitrogen and oxygen atoms in total. The van der Waals surface area contributed by atoms with Crippen molar-refractivity contribution in [3.8, 4) is 17.1 Å². The molecule has 1 saturated heterocycles. The lowest BCUT2D eigenvalue weighted by Gasteiger charge is -2.13. The lowest BCUT2D eigenvalue weighted by Crippen LogP contribution is -2.32. The lowest BCUT2D eigenvalue weighted by atomic mass is 10.2. The van der Waals surface area contributed by atoms with Crippen LogP contribution < -0.4 is 4.74 Å². The Morgan fingerprint density at radius 2 is 1.71 bits per heavy atom. The first-order valence-electron chi connectivity index (χ1n) is 9.10. The highest BCUT2D eigenvalue weighted by atomic mass is 35.5. The van der Waals surface area contributed by atoms with Crippen molar-refractivity contribution in [1.82, 2.24) is 4.90 Å². The first kappa shape index (κ1) is 21.8. The average molecular weight is 495 g/mol. The fourth-order valence-electron chi connectivity index (χ4n) is 2.87. The number of benzene rings is 2. The molecule has 0 atom stereocenters. The van der Waals surface area contributed by atoms with Gasteiger partial charge in [-0.1, -0.05) is 34.8 Å². The number of rotatable bonds is 6. The summed E-state index contributed by atoms with van der Waals surface area (Å²) in [4.78, 5) is 26.3. The largest absolute Gasteiger partial charge is 0.492 e. The van der Waals surface area contributed by atoms with Crippen LogP contribution in [0.3, 0.4) is 0 Å². The number of furan rings is 1. The molecule has 1 aromatic heterocycles. The maximum absolute atomic E-state index is 12.6. The van der Waals surface area contributed by atoms with Crippen molar-refractivity contribution in [2.75, 3.05) is 13.2 Å². The first-order valence-corrected chi connectivity index (χ1v) is 11.0. The van der Waals surface area contributed by atoms with Crippen molar-refractivity contribution in [2.45, 2.75) is 0 Å². The summed E-state index contributed by atoms with van der Waals surface area (Å²) in [6.07, 6.45) is 1.53. The minimum absolute atomic E-state index is 0.131. The van der Waals surface area contributed by atoms with Gasteiger partial charge in [0.15, 0.2) is 0 Å². The number of amides is 2. The number of hydrogen-bond donors (Lipinski definition) is 0. The number of imide groups is 1. The molecule has 0 unspecified atom stereocenters. The summed E-state index contributed by atoms with van der Waals surface area (Å²) in [5.74, 6) is 1.14. The zero-order valence-corrected chi connectivity index (χ0v) is 18.9. The molecule has 1 fully saturated rings. The van der Waals surface area contributed by atoms with Crippen molar-refractivity contribution in [1.29, 1.82) is 0 Å². The van der Waals surface area contributed by atoms with Gasteiger partial charge in [0.05, 0.1) is 16.5 Å². The molecule has 2 amide bonds. The van der Waals surface area contributed by atoms with Gasteiger partial charge in [-0.25, -0.2) is 0 Å². The van der Waals surface area contributed by atoms with Gasteiger partial charge in [0.25, 0.3) is 11.1 Å². The smallest absolute Gasteiger partial charge is 0.293 e. The number of halogens is 3. The Morgan fingerprint density at radius 1 is 0.968 bits per heavy atom. The average Bonchev–Trinajstić information content (AvgIpc) is 3.31. The van der Waals surface area contributed by atoms with E-state index in [-0.39, 0.29) is 23.3 Å². The number of ether oxygens (including phenoxy) is 1. The van der Waals surface area contributed by atoms with Crippen LogP contribution in [0.1, 0.15) is 5.76 Å². The fourth-order valence-corrected chi connectivity index (χ4v) is 4.22. The molecule has 0 bridgehead atoms. The highest BCUT2D eigenvalue weighted by Crippen LogP contribution is 2.35. The van der Waals surface area contributed by atoms with Crippen LogP contribution in [-0.2, 0) is 4.79 Å². The zero-order chi connectivity index (χ0) is 22.0. The SMILES string of the molecule is O=C1S/C(=C\c2ccc(-c3cc(Cl)ccc3Cl)o2)C(=O)N1CCOc1ccc(Cl)cc1. The van der Waals surface area contributed by atoms with E-state index in [9.17, 15) is 9.59 Å². The minimum Gasteiger partial charge on any atom is -0.492 e. The van der Waals surface area contributed by atoms with E-state index in [4.69, 9.17) is 44.0 Å². The molecule has 31 heavy (non-hydrogen) atoms. The van der Waals surface area contributed by atoms with Crippen LogP contribution in [-0.4, -0.2) is 29.2 Å². The molecule has 158 valence electrons. The van der Waals surface area contributed by atoms with Crippen LogP contribution in [0.5, 0.6) is 5.75 Å². The van der Waals surface area contributed by atoms with Crippen LogP contribution in [0.4, 0.5) is 4.79 Å². The Bertz CT molecular complexity index is 1170. The number of carbonyl (C=O) groups excluding carboxylic acids is 2. The third kappa shape index (κ3) is 5.10. The molecule has 9 heteroatoms. The van der Waals surface area contributed by atoms with Gasteiger partial charge in [-0.3, -0.25) is 14.5 Å². The van der Waals surface area contributed by atoms with Crippen LogP contribution in [0.25, 0.3) is 17.4 Å². The summed E-state index contributed by atoms with van der Waals surface area (Å²) < 4.78 is 11.4. The second-order valence-electron chi connectivity index (χ2n) is 6.46. The van der Waals surface area contributed by atoms with Crippen LogP contribution in [0.2, 0.25) is 15.1 Å². The predicted octanol–water partition coefficient (Wildman–Crippen LogP) is 7.02. The molecule has 0 spiro atoms. The zero-order valence-electron chi connectivity index (χ0n) is 15.8. The third-order valence-corrected chi connectivity index (χ3v) is 6.09. The van der Waals surface area contributed by atoms with E-state index < -0.39 is 5.91 Å². The Balaban J connectivity index is 1.43. The summed E-state index contributed by atoms with van der Waals surface area (Å²) in [6.45, 7) is 0.303. The summed E-state index contributed by atoms with van der Waals surface area (Å²) in [7, 11) is 0. The normalized spacial score (nSPS) is 15.2. The summed E-state index contributed by atoms with van der Waals surface area (Å²) >= 11 is 18.9. The van der Waals surface area contributed by atoms with Crippen LogP contribution >= 0.6 is 46.6 Å². The van der Waals surface area contributed by atoms with Gasteiger partial charge in [-0.15, -0.1) is 0 Å². The van der Waals surface area contributed by atoms with Gasteiger partial charge in [0.2, 0.25) is 0 Å². The van der Waals surface area contributed by atoms with E-state index >= 15 is 0 Å². The van der Waals surface area contributed by atoms with Gasteiger partial charge in [-0.05, 0) is 66.4 Å². The monoisotopic (exact) mass is 493 g/mol. The molecular weight excluding hydrogens is 481 g/mol. The molecule has 0 radical (unpaired) electrons. The molecule has 1 aliphatic heterocycles. The van der Waals surface area contributed by atoms with Gasteiger partial charge in [-0.2, -0.15) is 0 Å². The van der Waals surface area contributed by atoms with Gasteiger partial charge in [0, 0.05) is 21.7 Å². The van der Waals surface area contributed by atoms with Crippen molar-refractivity contribution in [3.63, 3.8) is 0 Å². The Labute approximate surface area is 197 Å². The van der Waals surface area contributed by atoms with Crippen molar-refractivity contribution < 1.29 is 18.7 Å². The second-order valence-corrected chi connectivity index (χ2v) is 8.74. The van der Waals surface area contributed by atoms with Crippen molar-refractivity contribution in [3.05, 3.63) is 80.3 Å². The predicted molar refractivity (Wildman–Crippen MR) is 124 cm³/mol. The molecule has 4 rings (SSSR count). The van der Waals surface area contributed by atoms with E-state index in [1.54, 1.807) is 54.6 Å². The molecule has 3 aromatic rings. The fraction of sp³-hybridized carbons (Fsp3) is 0.0909. The Hall–Kier alpha value is -2.38.